The number of aliphatic imine (C=N–C) groups is 1. The Morgan fingerprint density at radius 1 is 1.14 bits per heavy atom. The monoisotopic (exact) mass is 509 g/mol. The van der Waals surface area contributed by atoms with E-state index < -0.39 is 0 Å². The molecule has 0 saturated heterocycles. The number of nitrogens with one attached hydrogen (secondary N) is 3. The quantitative estimate of drug-likeness (QED) is 0.280. The second kappa shape index (κ2) is 9.08. The molecule has 4 aromatic heterocycles. The number of pyridine rings is 1. The summed E-state index contributed by atoms with van der Waals surface area (Å²) in [6.45, 7) is 8.00. The maximum atomic E-state index is 12.3. The Bertz CT molecular complexity index is 1700. The number of carbonyl (C=O) groups is 1. The van der Waals surface area contributed by atoms with E-state index in [1.165, 1.54) is 4.88 Å². The third kappa shape index (κ3) is 4.15. The van der Waals surface area contributed by atoms with Gasteiger partial charge in [-0.3, -0.25) is 19.9 Å². The van der Waals surface area contributed by atoms with E-state index >= 15 is 0 Å². The highest BCUT2D eigenvalue weighted by atomic mass is 32.1. The molecule has 0 spiro atoms. The molecule has 0 bridgehead atoms. The molecule has 9 heteroatoms. The molecule has 2 unspecified atom stereocenters. The van der Waals surface area contributed by atoms with Gasteiger partial charge >= 0.3 is 0 Å². The average molecular weight is 510 g/mol. The van der Waals surface area contributed by atoms with Gasteiger partial charge in [0.15, 0.2) is 5.82 Å². The summed E-state index contributed by atoms with van der Waals surface area (Å²) in [5.41, 5.74) is 6.52. The normalized spacial score (nSPS) is 17.6. The number of hydrogen-bond acceptors (Lipinski definition) is 6. The number of H-pyrrole nitrogens is 2. The van der Waals surface area contributed by atoms with Crippen molar-refractivity contribution < 1.29 is 4.79 Å². The molecular weight excluding hydrogens is 482 g/mol. The third-order valence-electron chi connectivity index (χ3n) is 6.84. The zero-order valence-electron chi connectivity index (χ0n) is 21.0. The van der Waals surface area contributed by atoms with Crippen LogP contribution in [-0.4, -0.2) is 43.3 Å². The van der Waals surface area contributed by atoms with E-state index in [1.54, 1.807) is 17.5 Å². The van der Waals surface area contributed by atoms with Crippen LogP contribution in [0.2, 0.25) is 0 Å². The molecular formula is C28H27N7OS. The average Bonchev–Trinajstić information content (AvgIpc) is 3.62. The van der Waals surface area contributed by atoms with Crippen LogP contribution in [0.4, 0.5) is 0 Å². The number of thiophene rings is 1. The second-order valence-electron chi connectivity index (χ2n) is 9.77. The standard InChI is InChI=1S/C28H27N7OS/c1-14(2)28(36)32-22-12-29-10-19(16(22)4)17-6-7-21-18(9-17)26(35-34-21)27-31-23-13-30-11-20(25(23)33-27)24-8-5-15(3)37-24/h5-14,16,22H,1-4H3,(H,31,33)(H,32,36)(H,34,35). The first-order chi connectivity index (χ1) is 17.9. The zero-order chi connectivity index (χ0) is 25.7. The maximum absolute atomic E-state index is 12.3. The first-order valence-corrected chi connectivity index (χ1v) is 13.1. The number of nitrogens with zero attached hydrogens (tertiary/aromatic N) is 4. The summed E-state index contributed by atoms with van der Waals surface area (Å²) in [6, 6.07) is 10.3. The first-order valence-electron chi connectivity index (χ1n) is 12.3. The molecule has 0 saturated carbocycles. The molecule has 1 amide bonds. The Labute approximate surface area is 218 Å². The van der Waals surface area contributed by atoms with Crippen LogP contribution in [0.5, 0.6) is 0 Å². The molecule has 5 heterocycles. The fourth-order valence-electron chi connectivity index (χ4n) is 4.67. The minimum absolute atomic E-state index is 0.0218. The van der Waals surface area contributed by atoms with Crippen LogP contribution in [-0.2, 0) is 4.79 Å². The van der Waals surface area contributed by atoms with E-state index in [0.717, 1.165) is 49.2 Å². The topological polar surface area (TPSA) is 112 Å². The number of fused-ring (bicyclic) bond motifs is 2. The van der Waals surface area contributed by atoms with Gasteiger partial charge in [-0.2, -0.15) is 5.10 Å². The van der Waals surface area contributed by atoms with Crippen LogP contribution in [0.15, 0.2) is 53.9 Å². The molecule has 2 atom stereocenters. The summed E-state index contributed by atoms with van der Waals surface area (Å²) in [7, 11) is 0. The predicted molar refractivity (Wildman–Crippen MR) is 149 cm³/mol. The van der Waals surface area contributed by atoms with Crippen LogP contribution in [0.25, 0.3) is 49.5 Å². The summed E-state index contributed by atoms with van der Waals surface area (Å²) in [6.07, 6.45) is 7.36. The van der Waals surface area contributed by atoms with Crippen LogP contribution in [0.1, 0.15) is 31.2 Å². The van der Waals surface area contributed by atoms with E-state index in [-0.39, 0.29) is 23.8 Å². The Hall–Kier alpha value is -4.11. The molecule has 3 N–H and O–H groups in total. The largest absolute Gasteiger partial charge is 0.348 e. The van der Waals surface area contributed by atoms with Crippen molar-refractivity contribution >= 4 is 51.0 Å². The Kier molecular flexibility index (Phi) is 5.72. The van der Waals surface area contributed by atoms with Crippen LogP contribution in [0.3, 0.4) is 0 Å². The van der Waals surface area contributed by atoms with Gasteiger partial charge in [0.05, 0.1) is 23.3 Å². The summed E-state index contributed by atoms with van der Waals surface area (Å²) in [5, 5.41) is 11.8. The maximum Gasteiger partial charge on any atom is 0.223 e. The van der Waals surface area contributed by atoms with Crippen molar-refractivity contribution in [1.82, 2.24) is 30.5 Å². The molecule has 5 aromatic rings. The first kappa shape index (κ1) is 23.3. The van der Waals surface area contributed by atoms with Gasteiger partial charge in [0, 0.05) is 51.2 Å². The lowest BCUT2D eigenvalue weighted by molar-refractivity contribution is -0.124. The van der Waals surface area contributed by atoms with Crippen molar-refractivity contribution in [2.75, 3.05) is 0 Å². The van der Waals surface area contributed by atoms with Crippen molar-refractivity contribution in [3.05, 3.63) is 59.4 Å². The number of aromatic amines is 2. The van der Waals surface area contributed by atoms with Crippen molar-refractivity contribution in [1.29, 1.82) is 0 Å². The molecule has 8 nitrogen and oxygen atoms in total. The molecule has 1 aromatic carbocycles. The van der Waals surface area contributed by atoms with E-state index in [4.69, 9.17) is 4.98 Å². The van der Waals surface area contributed by atoms with Crippen molar-refractivity contribution in [3.63, 3.8) is 0 Å². The molecule has 37 heavy (non-hydrogen) atoms. The summed E-state index contributed by atoms with van der Waals surface area (Å²) >= 11 is 1.73. The highest BCUT2D eigenvalue weighted by molar-refractivity contribution is 7.15. The number of aromatic nitrogens is 5. The minimum Gasteiger partial charge on any atom is -0.348 e. The van der Waals surface area contributed by atoms with E-state index in [2.05, 4.69) is 68.6 Å². The second-order valence-corrected chi connectivity index (χ2v) is 11.1. The third-order valence-corrected chi connectivity index (χ3v) is 7.88. The number of aryl methyl sites for hydroxylation is 1. The molecule has 186 valence electrons. The smallest absolute Gasteiger partial charge is 0.223 e. The Balaban J connectivity index is 1.38. The van der Waals surface area contributed by atoms with Crippen molar-refractivity contribution in [2.24, 2.45) is 16.8 Å². The predicted octanol–water partition coefficient (Wildman–Crippen LogP) is 5.74. The highest BCUT2D eigenvalue weighted by Crippen LogP contribution is 2.36. The van der Waals surface area contributed by atoms with Crippen LogP contribution >= 0.6 is 11.3 Å². The SMILES string of the molecule is Cc1ccc(-c2cncc3[nH]c(-c4n[nH]c5ccc(C6=CN=CC(NC(=O)C(C)C)C6C)cc45)nc23)s1. The summed E-state index contributed by atoms with van der Waals surface area (Å²) < 4.78 is 0. The van der Waals surface area contributed by atoms with Gasteiger partial charge < -0.3 is 10.3 Å². The molecule has 0 radical (unpaired) electrons. The number of benzene rings is 1. The molecule has 1 aliphatic heterocycles. The number of imidazole rings is 1. The van der Waals surface area contributed by atoms with Gasteiger partial charge in [0.2, 0.25) is 5.91 Å². The zero-order valence-corrected chi connectivity index (χ0v) is 21.9. The lowest BCUT2D eigenvalue weighted by atomic mass is 9.87. The van der Waals surface area contributed by atoms with Crippen LogP contribution < -0.4 is 5.32 Å². The fourth-order valence-corrected chi connectivity index (χ4v) is 5.54. The van der Waals surface area contributed by atoms with Gasteiger partial charge in [0.1, 0.15) is 11.2 Å². The molecule has 0 aliphatic carbocycles. The number of carbonyl (C=O) groups excluding carboxylic acids is 1. The lowest BCUT2D eigenvalue weighted by Gasteiger charge is -2.27. The van der Waals surface area contributed by atoms with Gasteiger partial charge in [-0.15, -0.1) is 11.3 Å². The number of hydrogen-bond donors (Lipinski definition) is 3. The minimum atomic E-state index is -0.156. The summed E-state index contributed by atoms with van der Waals surface area (Å²) in [5.74, 6) is 0.700. The van der Waals surface area contributed by atoms with E-state index in [0.29, 0.717) is 5.82 Å². The van der Waals surface area contributed by atoms with Gasteiger partial charge in [-0.25, -0.2) is 4.98 Å². The molecule has 1 aliphatic rings. The van der Waals surface area contributed by atoms with Gasteiger partial charge in [-0.05, 0) is 42.3 Å². The fraction of sp³-hybridized carbons (Fsp3) is 0.250. The Morgan fingerprint density at radius 2 is 2.00 bits per heavy atom. The van der Waals surface area contributed by atoms with Crippen molar-refractivity contribution in [3.8, 4) is 22.0 Å². The van der Waals surface area contributed by atoms with Crippen LogP contribution in [0, 0.1) is 18.8 Å². The Morgan fingerprint density at radius 3 is 2.78 bits per heavy atom. The van der Waals surface area contributed by atoms with E-state index in [9.17, 15) is 4.79 Å². The molecule has 0 fully saturated rings. The number of amides is 1. The summed E-state index contributed by atoms with van der Waals surface area (Å²) in [4.78, 5) is 31.9. The van der Waals surface area contributed by atoms with Gasteiger partial charge in [-0.1, -0.05) is 26.8 Å². The number of rotatable bonds is 5. The van der Waals surface area contributed by atoms with Crippen molar-refractivity contribution in [2.45, 2.75) is 33.7 Å². The van der Waals surface area contributed by atoms with E-state index in [1.807, 2.05) is 38.5 Å². The van der Waals surface area contributed by atoms with Gasteiger partial charge in [0.25, 0.3) is 0 Å². The highest BCUT2D eigenvalue weighted by Gasteiger charge is 2.26. The molecule has 6 rings (SSSR count). The lowest BCUT2D eigenvalue weighted by Crippen LogP contribution is -2.43.